The van der Waals surface area contributed by atoms with Crippen molar-refractivity contribution in [3.8, 4) is 0 Å². The second-order valence-corrected chi connectivity index (χ2v) is 6.12. The molecule has 1 atom stereocenters. The highest BCUT2D eigenvalue weighted by atomic mass is 16.3. The van der Waals surface area contributed by atoms with Crippen LogP contribution in [0.4, 0.5) is 0 Å². The third-order valence-electron chi connectivity index (χ3n) is 4.38. The minimum absolute atomic E-state index is 0.424. The summed E-state index contributed by atoms with van der Waals surface area (Å²) in [6, 6.07) is 0.584. The van der Waals surface area contributed by atoms with Gasteiger partial charge in [-0.1, -0.05) is 25.7 Å². The van der Waals surface area contributed by atoms with Crippen molar-refractivity contribution in [2.24, 2.45) is 0 Å². The molecule has 0 aromatic carbocycles. The molecule has 0 amide bonds. The van der Waals surface area contributed by atoms with Crippen molar-refractivity contribution >= 4 is 0 Å². The third kappa shape index (κ3) is 4.23. The molecule has 2 rings (SSSR count). The summed E-state index contributed by atoms with van der Waals surface area (Å²) in [5, 5.41) is 14.2. The molecular formula is C14H28N2O. The Balaban J connectivity index is 1.75. The first kappa shape index (κ1) is 13.3. The molecule has 0 spiro atoms. The molecule has 2 N–H and O–H groups in total. The van der Waals surface area contributed by atoms with E-state index in [2.05, 4.69) is 17.3 Å². The standard InChI is InChI=1S/C14H28N2O/c1-16-10-6-7-13(11-16)15-12-14(17)8-4-2-3-5-9-14/h13,15,17H,2-12H2,1H3. The minimum Gasteiger partial charge on any atom is -0.389 e. The van der Waals surface area contributed by atoms with Crippen molar-refractivity contribution in [1.29, 1.82) is 0 Å². The molecule has 0 bridgehead atoms. The van der Waals surface area contributed by atoms with E-state index >= 15 is 0 Å². The summed E-state index contributed by atoms with van der Waals surface area (Å²) in [5.41, 5.74) is -0.424. The Labute approximate surface area is 106 Å². The summed E-state index contributed by atoms with van der Waals surface area (Å²) in [4.78, 5) is 2.39. The Morgan fingerprint density at radius 2 is 1.88 bits per heavy atom. The molecule has 0 aromatic heterocycles. The van der Waals surface area contributed by atoms with Crippen LogP contribution in [-0.4, -0.2) is 48.3 Å². The van der Waals surface area contributed by atoms with E-state index in [0.717, 1.165) is 25.9 Å². The zero-order chi connectivity index (χ0) is 12.1. The van der Waals surface area contributed by atoms with Crippen LogP contribution in [0.2, 0.25) is 0 Å². The monoisotopic (exact) mass is 240 g/mol. The lowest BCUT2D eigenvalue weighted by Gasteiger charge is -2.34. The van der Waals surface area contributed by atoms with Gasteiger partial charge in [0.2, 0.25) is 0 Å². The molecule has 2 aliphatic rings. The second kappa shape index (κ2) is 6.17. The highest BCUT2D eigenvalue weighted by Crippen LogP contribution is 2.26. The Morgan fingerprint density at radius 1 is 1.18 bits per heavy atom. The quantitative estimate of drug-likeness (QED) is 0.738. The van der Waals surface area contributed by atoms with Gasteiger partial charge in [0.15, 0.2) is 0 Å². The molecule has 0 aromatic rings. The SMILES string of the molecule is CN1CCCC(NCC2(O)CCCCCC2)C1. The van der Waals surface area contributed by atoms with Crippen molar-refractivity contribution in [1.82, 2.24) is 10.2 Å². The lowest BCUT2D eigenvalue weighted by Crippen LogP contribution is -2.49. The fourth-order valence-electron chi connectivity index (χ4n) is 3.23. The van der Waals surface area contributed by atoms with Gasteiger partial charge in [0, 0.05) is 19.1 Å². The fourth-order valence-corrected chi connectivity index (χ4v) is 3.23. The Hall–Kier alpha value is -0.120. The highest BCUT2D eigenvalue weighted by molar-refractivity contribution is 4.86. The summed E-state index contributed by atoms with van der Waals surface area (Å²) in [5.74, 6) is 0. The summed E-state index contributed by atoms with van der Waals surface area (Å²) >= 11 is 0. The molecule has 100 valence electrons. The first-order valence-corrected chi connectivity index (χ1v) is 7.32. The van der Waals surface area contributed by atoms with Gasteiger partial charge in [0.05, 0.1) is 5.60 Å². The predicted molar refractivity (Wildman–Crippen MR) is 71.2 cm³/mol. The maximum absolute atomic E-state index is 10.6. The first-order valence-electron chi connectivity index (χ1n) is 7.32. The lowest BCUT2D eigenvalue weighted by molar-refractivity contribution is 0.0202. The zero-order valence-electron chi connectivity index (χ0n) is 11.2. The van der Waals surface area contributed by atoms with Crippen LogP contribution in [0.1, 0.15) is 51.4 Å². The number of nitrogens with zero attached hydrogens (tertiary/aromatic N) is 1. The molecule has 1 heterocycles. The van der Waals surface area contributed by atoms with Crippen LogP contribution in [-0.2, 0) is 0 Å². The van der Waals surface area contributed by atoms with Crippen LogP contribution in [0.25, 0.3) is 0 Å². The number of rotatable bonds is 3. The average molecular weight is 240 g/mol. The number of nitrogens with one attached hydrogen (secondary N) is 1. The van der Waals surface area contributed by atoms with Crippen LogP contribution in [0, 0.1) is 0 Å². The van der Waals surface area contributed by atoms with Crippen LogP contribution < -0.4 is 5.32 Å². The van der Waals surface area contributed by atoms with E-state index in [-0.39, 0.29) is 0 Å². The second-order valence-electron chi connectivity index (χ2n) is 6.12. The van der Waals surface area contributed by atoms with Gasteiger partial charge in [-0.15, -0.1) is 0 Å². The van der Waals surface area contributed by atoms with Gasteiger partial charge in [0.1, 0.15) is 0 Å². The Morgan fingerprint density at radius 3 is 2.53 bits per heavy atom. The van der Waals surface area contributed by atoms with Crippen LogP contribution >= 0.6 is 0 Å². The van der Waals surface area contributed by atoms with Gasteiger partial charge < -0.3 is 15.3 Å². The smallest absolute Gasteiger partial charge is 0.0771 e. The fraction of sp³-hybridized carbons (Fsp3) is 1.00. The summed E-state index contributed by atoms with van der Waals surface area (Å²) < 4.78 is 0. The number of likely N-dealkylation sites (tertiary alicyclic amines) is 1. The van der Waals surface area contributed by atoms with Gasteiger partial charge in [-0.05, 0) is 39.3 Å². The molecule has 17 heavy (non-hydrogen) atoms. The van der Waals surface area contributed by atoms with E-state index in [1.165, 1.54) is 45.1 Å². The van der Waals surface area contributed by atoms with Crippen molar-refractivity contribution in [3.05, 3.63) is 0 Å². The number of likely N-dealkylation sites (N-methyl/N-ethyl adjacent to an activating group) is 1. The Kier molecular flexibility index (Phi) is 4.83. The number of aliphatic hydroxyl groups is 1. The van der Waals surface area contributed by atoms with Gasteiger partial charge >= 0.3 is 0 Å². The normalized spacial score (nSPS) is 31.1. The van der Waals surface area contributed by atoms with Crippen LogP contribution in [0.5, 0.6) is 0 Å². The third-order valence-corrected chi connectivity index (χ3v) is 4.38. The van der Waals surface area contributed by atoms with Crippen LogP contribution in [0.15, 0.2) is 0 Å². The predicted octanol–water partition coefficient (Wildman–Crippen LogP) is 1.76. The van der Waals surface area contributed by atoms with Crippen LogP contribution in [0.3, 0.4) is 0 Å². The van der Waals surface area contributed by atoms with Gasteiger partial charge in [0.25, 0.3) is 0 Å². The highest BCUT2D eigenvalue weighted by Gasteiger charge is 2.29. The van der Waals surface area contributed by atoms with Crippen molar-refractivity contribution < 1.29 is 5.11 Å². The number of hydrogen-bond donors (Lipinski definition) is 2. The van der Waals surface area contributed by atoms with E-state index < -0.39 is 5.60 Å². The zero-order valence-corrected chi connectivity index (χ0v) is 11.2. The maximum atomic E-state index is 10.6. The molecule has 1 saturated heterocycles. The molecule has 3 heteroatoms. The molecule has 0 radical (unpaired) electrons. The lowest BCUT2D eigenvalue weighted by atomic mass is 9.93. The molecule has 1 saturated carbocycles. The summed E-state index contributed by atoms with van der Waals surface area (Å²) in [6.07, 6.45) is 9.52. The number of piperidine rings is 1. The van der Waals surface area contributed by atoms with E-state index in [0.29, 0.717) is 6.04 Å². The van der Waals surface area contributed by atoms with Crippen molar-refractivity contribution in [2.45, 2.75) is 63.0 Å². The number of hydrogen-bond acceptors (Lipinski definition) is 3. The van der Waals surface area contributed by atoms with E-state index in [1.807, 2.05) is 0 Å². The molecular weight excluding hydrogens is 212 g/mol. The van der Waals surface area contributed by atoms with E-state index in [9.17, 15) is 5.11 Å². The maximum Gasteiger partial charge on any atom is 0.0771 e. The topological polar surface area (TPSA) is 35.5 Å². The van der Waals surface area contributed by atoms with Gasteiger partial charge in [-0.25, -0.2) is 0 Å². The largest absolute Gasteiger partial charge is 0.389 e. The summed E-state index contributed by atoms with van der Waals surface area (Å²) in [7, 11) is 2.19. The summed E-state index contributed by atoms with van der Waals surface area (Å²) in [6.45, 7) is 3.16. The van der Waals surface area contributed by atoms with Gasteiger partial charge in [-0.3, -0.25) is 0 Å². The average Bonchev–Trinajstić information content (AvgIpc) is 2.53. The minimum atomic E-state index is -0.424. The van der Waals surface area contributed by atoms with E-state index in [1.54, 1.807) is 0 Å². The molecule has 2 fully saturated rings. The van der Waals surface area contributed by atoms with E-state index in [4.69, 9.17) is 0 Å². The molecule has 1 aliphatic heterocycles. The van der Waals surface area contributed by atoms with Crippen molar-refractivity contribution in [3.63, 3.8) is 0 Å². The first-order chi connectivity index (χ1) is 8.18. The molecule has 1 aliphatic carbocycles. The molecule has 3 nitrogen and oxygen atoms in total. The Bertz CT molecular complexity index is 224. The molecule has 1 unspecified atom stereocenters. The van der Waals surface area contributed by atoms with Crippen molar-refractivity contribution in [2.75, 3.05) is 26.7 Å². The van der Waals surface area contributed by atoms with Gasteiger partial charge in [-0.2, -0.15) is 0 Å².